The Morgan fingerprint density at radius 1 is 1.41 bits per heavy atom. The van der Waals surface area contributed by atoms with E-state index in [4.69, 9.17) is 5.11 Å². The van der Waals surface area contributed by atoms with Crippen molar-refractivity contribution in [2.45, 2.75) is 26.2 Å². The van der Waals surface area contributed by atoms with E-state index in [-0.39, 0.29) is 5.56 Å². The first-order chi connectivity index (χ1) is 8.16. The van der Waals surface area contributed by atoms with Gasteiger partial charge >= 0.3 is 5.97 Å². The number of aromatic nitrogens is 2. The molecule has 6 heteroatoms. The first-order valence-electron chi connectivity index (χ1n) is 5.75. The number of hydrogen-bond acceptors (Lipinski definition) is 5. The SMILES string of the molecule is Cc1nc(NN2CCCCC2)ncc1C(=O)O. The monoisotopic (exact) mass is 236 g/mol. The van der Waals surface area contributed by atoms with Gasteiger partial charge in [0.05, 0.1) is 11.3 Å². The molecule has 17 heavy (non-hydrogen) atoms. The molecule has 92 valence electrons. The number of carboxylic acids is 1. The van der Waals surface area contributed by atoms with Crippen molar-refractivity contribution in [1.29, 1.82) is 0 Å². The highest BCUT2D eigenvalue weighted by molar-refractivity contribution is 5.88. The van der Waals surface area contributed by atoms with Gasteiger partial charge in [-0.25, -0.2) is 19.8 Å². The van der Waals surface area contributed by atoms with E-state index in [0.29, 0.717) is 11.6 Å². The van der Waals surface area contributed by atoms with Crippen molar-refractivity contribution < 1.29 is 9.90 Å². The van der Waals surface area contributed by atoms with Gasteiger partial charge in [0, 0.05) is 19.3 Å². The quantitative estimate of drug-likeness (QED) is 0.823. The molecule has 0 unspecified atom stereocenters. The number of piperidine rings is 1. The standard InChI is InChI=1S/C11H16N4O2/c1-8-9(10(16)17)7-12-11(13-8)14-15-5-3-2-4-6-15/h7H,2-6H2,1H3,(H,16,17)(H,12,13,14). The zero-order valence-corrected chi connectivity index (χ0v) is 9.81. The first-order valence-corrected chi connectivity index (χ1v) is 5.75. The van der Waals surface area contributed by atoms with Crippen molar-refractivity contribution in [1.82, 2.24) is 15.0 Å². The summed E-state index contributed by atoms with van der Waals surface area (Å²) in [4.78, 5) is 19.0. The molecule has 6 nitrogen and oxygen atoms in total. The first kappa shape index (κ1) is 11.8. The number of aromatic carboxylic acids is 1. The van der Waals surface area contributed by atoms with Gasteiger partial charge in [-0.2, -0.15) is 0 Å². The highest BCUT2D eigenvalue weighted by Gasteiger charge is 2.13. The van der Waals surface area contributed by atoms with Crippen LogP contribution >= 0.6 is 0 Å². The number of hydrogen-bond donors (Lipinski definition) is 2. The van der Waals surface area contributed by atoms with E-state index >= 15 is 0 Å². The largest absolute Gasteiger partial charge is 0.478 e. The minimum Gasteiger partial charge on any atom is -0.478 e. The van der Waals surface area contributed by atoms with Gasteiger partial charge in [0.2, 0.25) is 5.95 Å². The van der Waals surface area contributed by atoms with Gasteiger partial charge in [-0.15, -0.1) is 0 Å². The van der Waals surface area contributed by atoms with Crippen LogP contribution in [0.25, 0.3) is 0 Å². The number of anilines is 1. The highest BCUT2D eigenvalue weighted by Crippen LogP contribution is 2.11. The van der Waals surface area contributed by atoms with Gasteiger partial charge < -0.3 is 5.11 Å². The highest BCUT2D eigenvalue weighted by atomic mass is 16.4. The van der Waals surface area contributed by atoms with Crippen LogP contribution in [0.3, 0.4) is 0 Å². The summed E-state index contributed by atoms with van der Waals surface area (Å²) in [7, 11) is 0. The Hall–Kier alpha value is -1.69. The lowest BCUT2D eigenvalue weighted by atomic mass is 10.2. The second-order valence-electron chi connectivity index (χ2n) is 4.16. The van der Waals surface area contributed by atoms with E-state index in [1.54, 1.807) is 6.92 Å². The average Bonchev–Trinajstić information content (AvgIpc) is 2.30. The molecule has 2 rings (SSSR count). The van der Waals surface area contributed by atoms with Gasteiger partial charge in [0.1, 0.15) is 0 Å². The maximum absolute atomic E-state index is 10.8. The molecule has 0 saturated carbocycles. The maximum atomic E-state index is 10.8. The summed E-state index contributed by atoms with van der Waals surface area (Å²) in [6.45, 7) is 3.62. The average molecular weight is 236 g/mol. The van der Waals surface area contributed by atoms with E-state index in [2.05, 4.69) is 20.4 Å². The lowest BCUT2D eigenvalue weighted by Crippen LogP contribution is -2.35. The topological polar surface area (TPSA) is 78.4 Å². The molecule has 0 spiro atoms. The van der Waals surface area contributed by atoms with Crippen LogP contribution in [0.5, 0.6) is 0 Å². The fraction of sp³-hybridized carbons (Fsp3) is 0.545. The molecule has 0 atom stereocenters. The molecule has 0 radical (unpaired) electrons. The third-order valence-corrected chi connectivity index (χ3v) is 2.82. The number of aryl methyl sites for hydroxylation is 1. The Labute approximate surface area is 99.7 Å². The van der Waals surface area contributed by atoms with Gasteiger partial charge in [-0.1, -0.05) is 6.42 Å². The summed E-state index contributed by atoms with van der Waals surface area (Å²) >= 11 is 0. The smallest absolute Gasteiger partial charge is 0.339 e. The second-order valence-corrected chi connectivity index (χ2v) is 4.16. The number of carbonyl (C=O) groups is 1. The van der Waals surface area contributed by atoms with Crippen molar-refractivity contribution in [2.75, 3.05) is 18.5 Å². The Morgan fingerprint density at radius 2 is 2.12 bits per heavy atom. The van der Waals surface area contributed by atoms with E-state index < -0.39 is 5.97 Å². The van der Waals surface area contributed by atoms with Crippen LogP contribution in [0.2, 0.25) is 0 Å². The van der Waals surface area contributed by atoms with Crippen molar-refractivity contribution in [3.63, 3.8) is 0 Å². The maximum Gasteiger partial charge on any atom is 0.339 e. The molecule has 0 aromatic carbocycles. The molecule has 1 aromatic heterocycles. The van der Waals surface area contributed by atoms with Crippen LogP contribution in [0.15, 0.2) is 6.20 Å². The van der Waals surface area contributed by atoms with Crippen molar-refractivity contribution in [3.05, 3.63) is 17.5 Å². The summed E-state index contributed by atoms with van der Waals surface area (Å²) < 4.78 is 0. The van der Waals surface area contributed by atoms with Crippen LogP contribution < -0.4 is 5.43 Å². The number of nitrogens with one attached hydrogen (secondary N) is 1. The van der Waals surface area contributed by atoms with Gasteiger partial charge in [0.25, 0.3) is 0 Å². The molecule has 1 aliphatic rings. The Balaban J connectivity index is 2.06. The third kappa shape index (κ3) is 2.91. The van der Waals surface area contributed by atoms with Gasteiger partial charge in [0.15, 0.2) is 0 Å². The molecule has 1 aromatic rings. The van der Waals surface area contributed by atoms with E-state index in [0.717, 1.165) is 13.1 Å². The molecule has 0 amide bonds. The summed E-state index contributed by atoms with van der Waals surface area (Å²) in [5.74, 6) is -0.526. The number of rotatable bonds is 3. The minimum atomic E-state index is -0.993. The molecule has 1 saturated heterocycles. The molecule has 1 aliphatic heterocycles. The summed E-state index contributed by atoms with van der Waals surface area (Å²) in [6, 6.07) is 0. The van der Waals surface area contributed by atoms with Gasteiger partial charge in [-0.05, 0) is 19.8 Å². The van der Waals surface area contributed by atoms with Crippen molar-refractivity contribution in [3.8, 4) is 0 Å². The van der Waals surface area contributed by atoms with E-state index in [9.17, 15) is 4.79 Å². The van der Waals surface area contributed by atoms with Crippen LogP contribution in [0.1, 0.15) is 35.3 Å². The van der Waals surface area contributed by atoms with Crippen molar-refractivity contribution >= 4 is 11.9 Å². The van der Waals surface area contributed by atoms with Crippen LogP contribution in [-0.4, -0.2) is 39.1 Å². The molecule has 0 bridgehead atoms. The Morgan fingerprint density at radius 3 is 2.71 bits per heavy atom. The van der Waals surface area contributed by atoms with Gasteiger partial charge in [-0.3, -0.25) is 5.43 Å². The van der Waals surface area contributed by atoms with E-state index in [1.807, 2.05) is 0 Å². The zero-order chi connectivity index (χ0) is 12.3. The fourth-order valence-corrected chi connectivity index (χ4v) is 1.88. The Kier molecular flexibility index (Phi) is 3.53. The normalized spacial score (nSPS) is 16.8. The van der Waals surface area contributed by atoms with Crippen molar-refractivity contribution in [2.24, 2.45) is 0 Å². The second kappa shape index (κ2) is 5.09. The number of carboxylic acid groups (broad SMARTS) is 1. The predicted molar refractivity (Wildman–Crippen MR) is 62.8 cm³/mol. The van der Waals surface area contributed by atoms with Crippen LogP contribution in [0, 0.1) is 6.92 Å². The van der Waals surface area contributed by atoms with Crippen LogP contribution in [0.4, 0.5) is 5.95 Å². The fourth-order valence-electron chi connectivity index (χ4n) is 1.88. The molecular formula is C11H16N4O2. The molecule has 1 fully saturated rings. The lowest BCUT2D eigenvalue weighted by molar-refractivity contribution is 0.0695. The molecule has 0 aliphatic carbocycles. The summed E-state index contributed by atoms with van der Waals surface area (Å²) in [5, 5.41) is 10.9. The Bertz CT molecular complexity index is 416. The third-order valence-electron chi connectivity index (χ3n) is 2.82. The van der Waals surface area contributed by atoms with Crippen LogP contribution in [-0.2, 0) is 0 Å². The summed E-state index contributed by atoms with van der Waals surface area (Å²) in [5.41, 5.74) is 3.73. The minimum absolute atomic E-state index is 0.147. The number of hydrazine groups is 1. The van der Waals surface area contributed by atoms with E-state index in [1.165, 1.54) is 25.5 Å². The molecule has 2 heterocycles. The zero-order valence-electron chi connectivity index (χ0n) is 9.81. The summed E-state index contributed by atoms with van der Waals surface area (Å²) in [6.07, 6.45) is 4.94. The lowest BCUT2D eigenvalue weighted by Gasteiger charge is -2.26. The predicted octanol–water partition coefficient (Wildman–Crippen LogP) is 1.30. The molecule has 2 N–H and O–H groups in total. The number of nitrogens with zero attached hydrogens (tertiary/aromatic N) is 3. The molecular weight excluding hydrogens is 220 g/mol.